The van der Waals surface area contributed by atoms with E-state index in [4.69, 9.17) is 0 Å². The molecule has 0 bridgehead atoms. The number of rotatable bonds is 2. The molecule has 1 amide bonds. The number of benzene rings is 2. The van der Waals surface area contributed by atoms with Gasteiger partial charge in [0.1, 0.15) is 6.10 Å². The fraction of sp³-hybridized carbons (Fsp3) is 0.133. The third kappa shape index (κ3) is 2.62. The number of aliphatic hydroxyl groups is 1. The Kier molecular flexibility index (Phi) is 3.83. The molecule has 20 heavy (non-hydrogen) atoms. The maximum absolute atomic E-state index is 11.4. The van der Waals surface area contributed by atoms with E-state index in [9.17, 15) is 9.90 Å². The number of halogens is 2. The molecule has 0 radical (unpaired) electrons. The fourth-order valence-electron chi connectivity index (χ4n) is 2.32. The molecule has 5 heteroatoms. The van der Waals surface area contributed by atoms with Crippen molar-refractivity contribution in [3.05, 3.63) is 61.1 Å². The minimum Gasteiger partial charge on any atom is -0.384 e. The number of anilines is 1. The van der Waals surface area contributed by atoms with Gasteiger partial charge in [-0.05, 0) is 63.5 Å². The molecule has 0 saturated carbocycles. The van der Waals surface area contributed by atoms with Crippen LogP contribution in [0.1, 0.15) is 22.8 Å². The molecule has 0 fully saturated rings. The lowest BCUT2D eigenvalue weighted by Crippen LogP contribution is -2.03. The Morgan fingerprint density at radius 1 is 1.25 bits per heavy atom. The summed E-state index contributed by atoms with van der Waals surface area (Å²) in [6, 6.07) is 11.4. The first-order valence-electron chi connectivity index (χ1n) is 6.10. The molecule has 1 aliphatic rings. The van der Waals surface area contributed by atoms with E-state index < -0.39 is 6.10 Å². The summed E-state index contributed by atoms with van der Waals surface area (Å²) in [5, 5.41) is 13.4. The molecule has 102 valence electrons. The van der Waals surface area contributed by atoms with Gasteiger partial charge in [0, 0.05) is 13.7 Å². The summed E-state index contributed by atoms with van der Waals surface area (Å²) < 4.78 is 1.94. The second kappa shape index (κ2) is 5.46. The number of aliphatic hydroxyl groups excluding tert-OH is 1. The summed E-state index contributed by atoms with van der Waals surface area (Å²) in [6.07, 6.45) is -0.314. The van der Waals surface area contributed by atoms with Crippen LogP contribution in [0.3, 0.4) is 0 Å². The van der Waals surface area contributed by atoms with Gasteiger partial charge in [0.05, 0.1) is 6.42 Å². The molecule has 1 unspecified atom stereocenters. The van der Waals surface area contributed by atoms with E-state index in [0.717, 1.165) is 30.4 Å². The van der Waals surface area contributed by atoms with Crippen molar-refractivity contribution in [1.29, 1.82) is 0 Å². The Hall–Kier alpha value is -0.920. The minimum absolute atomic E-state index is 0.00340. The van der Waals surface area contributed by atoms with Crippen LogP contribution in [0.5, 0.6) is 0 Å². The third-order valence-corrected chi connectivity index (χ3v) is 4.80. The molecule has 0 aliphatic carbocycles. The molecule has 0 saturated heterocycles. The molecule has 2 N–H and O–H groups in total. The van der Waals surface area contributed by atoms with Crippen LogP contribution in [-0.2, 0) is 11.2 Å². The molecule has 2 aromatic carbocycles. The molecule has 0 spiro atoms. The molecule has 3 rings (SSSR count). The summed E-state index contributed by atoms with van der Waals surface area (Å²) in [5.41, 5.74) is 3.44. The van der Waals surface area contributed by atoms with Gasteiger partial charge in [-0.25, -0.2) is 0 Å². The van der Waals surface area contributed by atoms with Gasteiger partial charge in [0.25, 0.3) is 0 Å². The van der Waals surface area contributed by atoms with Gasteiger partial charge in [-0.1, -0.05) is 28.1 Å². The predicted molar refractivity (Wildman–Crippen MR) is 89.7 cm³/mol. The standard InChI is InChI=1S/C15H11BrINO2/c16-10-2-3-12(17)11(7-10)15(20)8-1-4-13-9(5-8)6-14(19)18-13/h1-5,7,15,20H,6H2,(H,18,19). The van der Waals surface area contributed by atoms with Crippen molar-refractivity contribution in [3.63, 3.8) is 0 Å². The van der Waals surface area contributed by atoms with E-state index in [0.29, 0.717) is 6.42 Å². The van der Waals surface area contributed by atoms with Crippen molar-refractivity contribution < 1.29 is 9.90 Å². The van der Waals surface area contributed by atoms with Crippen molar-refractivity contribution in [2.75, 3.05) is 5.32 Å². The summed E-state index contributed by atoms with van der Waals surface area (Å²) in [5.74, 6) is 0.00340. The van der Waals surface area contributed by atoms with Crippen LogP contribution < -0.4 is 5.32 Å². The maximum atomic E-state index is 11.4. The largest absolute Gasteiger partial charge is 0.384 e. The van der Waals surface area contributed by atoms with Gasteiger partial charge < -0.3 is 10.4 Å². The lowest BCUT2D eigenvalue weighted by Gasteiger charge is -2.15. The van der Waals surface area contributed by atoms with Gasteiger partial charge in [-0.2, -0.15) is 0 Å². The summed E-state index contributed by atoms with van der Waals surface area (Å²) in [4.78, 5) is 11.4. The van der Waals surface area contributed by atoms with Crippen molar-refractivity contribution in [3.8, 4) is 0 Å². The summed E-state index contributed by atoms with van der Waals surface area (Å²) in [6.45, 7) is 0. The topological polar surface area (TPSA) is 49.3 Å². The van der Waals surface area contributed by atoms with Gasteiger partial charge >= 0.3 is 0 Å². The number of hydrogen-bond donors (Lipinski definition) is 2. The lowest BCUT2D eigenvalue weighted by molar-refractivity contribution is -0.115. The van der Waals surface area contributed by atoms with E-state index in [1.165, 1.54) is 0 Å². The molecule has 3 nitrogen and oxygen atoms in total. The zero-order valence-corrected chi connectivity index (χ0v) is 14.1. The van der Waals surface area contributed by atoms with Gasteiger partial charge in [-0.15, -0.1) is 0 Å². The number of fused-ring (bicyclic) bond motifs is 1. The number of amides is 1. The van der Waals surface area contributed by atoms with Crippen LogP contribution >= 0.6 is 38.5 Å². The van der Waals surface area contributed by atoms with Crippen molar-refractivity contribution in [2.45, 2.75) is 12.5 Å². The Balaban J connectivity index is 1.99. The second-order valence-corrected chi connectivity index (χ2v) is 6.79. The van der Waals surface area contributed by atoms with Crippen LogP contribution in [0.4, 0.5) is 5.69 Å². The average molecular weight is 444 g/mol. The lowest BCUT2D eigenvalue weighted by atomic mass is 9.99. The zero-order valence-electron chi connectivity index (χ0n) is 10.4. The maximum Gasteiger partial charge on any atom is 0.228 e. The summed E-state index contributed by atoms with van der Waals surface area (Å²) in [7, 11) is 0. The number of nitrogens with one attached hydrogen (secondary N) is 1. The SMILES string of the molecule is O=C1Cc2cc(C(O)c3cc(Br)ccc3I)ccc2N1. The first-order valence-corrected chi connectivity index (χ1v) is 7.97. The van der Waals surface area contributed by atoms with Gasteiger partial charge in [-0.3, -0.25) is 4.79 Å². The molecule has 1 atom stereocenters. The van der Waals surface area contributed by atoms with Crippen LogP contribution in [0.25, 0.3) is 0 Å². The Morgan fingerprint density at radius 2 is 2.05 bits per heavy atom. The highest BCUT2D eigenvalue weighted by molar-refractivity contribution is 14.1. The van der Waals surface area contributed by atoms with Gasteiger partial charge in [0.2, 0.25) is 5.91 Å². The number of carbonyl (C=O) groups is 1. The molecule has 2 aromatic rings. The Labute approximate surface area is 138 Å². The number of hydrogen-bond acceptors (Lipinski definition) is 2. The van der Waals surface area contributed by atoms with Crippen LogP contribution in [0, 0.1) is 3.57 Å². The van der Waals surface area contributed by atoms with Crippen LogP contribution in [0.15, 0.2) is 40.9 Å². The molecule has 1 heterocycles. The fourth-order valence-corrected chi connectivity index (χ4v) is 3.33. The predicted octanol–water partition coefficient (Wildman–Crippen LogP) is 3.63. The Morgan fingerprint density at radius 3 is 2.85 bits per heavy atom. The molecular weight excluding hydrogens is 433 g/mol. The zero-order chi connectivity index (χ0) is 14.3. The van der Waals surface area contributed by atoms with E-state index in [-0.39, 0.29) is 5.91 Å². The second-order valence-electron chi connectivity index (χ2n) is 4.71. The highest BCUT2D eigenvalue weighted by atomic mass is 127. The Bertz CT molecular complexity index is 702. The van der Waals surface area contributed by atoms with Crippen molar-refractivity contribution in [1.82, 2.24) is 0 Å². The summed E-state index contributed by atoms with van der Waals surface area (Å²) >= 11 is 5.64. The van der Waals surface area contributed by atoms with E-state index in [1.54, 1.807) is 0 Å². The van der Waals surface area contributed by atoms with Crippen LogP contribution in [-0.4, -0.2) is 11.0 Å². The monoisotopic (exact) mass is 443 g/mol. The van der Waals surface area contributed by atoms with E-state index in [2.05, 4.69) is 43.8 Å². The molecule has 0 aromatic heterocycles. The average Bonchev–Trinajstić information content (AvgIpc) is 2.79. The third-order valence-electron chi connectivity index (χ3n) is 3.32. The van der Waals surface area contributed by atoms with Gasteiger partial charge in [0.15, 0.2) is 0 Å². The molecular formula is C15H11BrINO2. The normalized spacial score (nSPS) is 14.8. The highest BCUT2D eigenvalue weighted by Crippen LogP contribution is 2.32. The first kappa shape index (κ1) is 14.0. The van der Waals surface area contributed by atoms with Crippen LogP contribution in [0.2, 0.25) is 0 Å². The van der Waals surface area contributed by atoms with E-state index in [1.807, 2.05) is 36.4 Å². The van der Waals surface area contributed by atoms with Crippen molar-refractivity contribution in [2.24, 2.45) is 0 Å². The highest BCUT2D eigenvalue weighted by Gasteiger charge is 2.20. The van der Waals surface area contributed by atoms with Crippen molar-refractivity contribution >= 4 is 50.1 Å². The smallest absolute Gasteiger partial charge is 0.228 e. The number of carbonyl (C=O) groups excluding carboxylic acids is 1. The van der Waals surface area contributed by atoms with E-state index >= 15 is 0 Å². The first-order chi connectivity index (χ1) is 9.54. The minimum atomic E-state index is -0.694. The quantitative estimate of drug-likeness (QED) is 0.696. The molecule has 1 aliphatic heterocycles.